The molecule has 1 aromatic carbocycles. The fourth-order valence-electron chi connectivity index (χ4n) is 0.866. The molecular formula is C10H12FO2. The van der Waals surface area contributed by atoms with Crippen LogP contribution in [0.3, 0.4) is 0 Å². The molecule has 0 spiro atoms. The lowest BCUT2D eigenvalue weighted by molar-refractivity contribution is 0.109. The van der Waals surface area contributed by atoms with Gasteiger partial charge in [0.1, 0.15) is 12.4 Å². The Morgan fingerprint density at radius 3 is 2.92 bits per heavy atom. The second-order valence-electron chi connectivity index (χ2n) is 2.54. The molecule has 3 heteroatoms. The smallest absolute Gasteiger partial charge is 0.123 e. The van der Waals surface area contributed by atoms with Crippen LogP contribution in [0.1, 0.15) is 5.56 Å². The topological polar surface area (TPSA) is 18.5 Å². The first-order valence-corrected chi connectivity index (χ1v) is 4.02. The van der Waals surface area contributed by atoms with Gasteiger partial charge in [0.25, 0.3) is 0 Å². The van der Waals surface area contributed by atoms with Crippen molar-refractivity contribution in [3.8, 4) is 0 Å². The highest BCUT2D eigenvalue weighted by Crippen LogP contribution is 2.06. The van der Waals surface area contributed by atoms with Crippen LogP contribution in [0.2, 0.25) is 0 Å². The minimum atomic E-state index is -0.260. The van der Waals surface area contributed by atoms with Gasteiger partial charge in [-0.3, -0.25) is 0 Å². The highest BCUT2D eigenvalue weighted by molar-refractivity contribution is 5.21. The van der Waals surface area contributed by atoms with Gasteiger partial charge < -0.3 is 9.47 Å². The Kier molecular flexibility index (Phi) is 4.43. The molecular weight excluding hydrogens is 171 g/mol. The lowest BCUT2D eigenvalue weighted by atomic mass is 10.2. The summed E-state index contributed by atoms with van der Waals surface area (Å²) in [7, 11) is 1.60. The lowest BCUT2D eigenvalue weighted by Crippen LogP contribution is -2.00. The summed E-state index contributed by atoms with van der Waals surface area (Å²) in [6.45, 7) is 2.53. The number of benzene rings is 1. The van der Waals surface area contributed by atoms with Crippen molar-refractivity contribution in [2.24, 2.45) is 0 Å². The number of halogens is 1. The Balaban J connectivity index is 2.28. The summed E-state index contributed by atoms with van der Waals surface area (Å²) < 4.78 is 22.5. The van der Waals surface area contributed by atoms with Crippen LogP contribution in [0.25, 0.3) is 0 Å². The molecule has 0 aliphatic rings. The summed E-state index contributed by atoms with van der Waals surface area (Å²) in [5.41, 5.74) is 0.719. The molecule has 0 unspecified atom stereocenters. The molecule has 0 bridgehead atoms. The molecule has 0 N–H and O–H groups in total. The predicted molar refractivity (Wildman–Crippen MR) is 47.6 cm³/mol. The van der Waals surface area contributed by atoms with Crippen molar-refractivity contribution >= 4 is 0 Å². The highest BCUT2D eigenvalue weighted by atomic mass is 19.1. The summed E-state index contributed by atoms with van der Waals surface area (Å²) >= 11 is 0. The van der Waals surface area contributed by atoms with Crippen molar-refractivity contribution in [3.63, 3.8) is 0 Å². The monoisotopic (exact) mass is 183 g/mol. The maximum Gasteiger partial charge on any atom is 0.123 e. The maximum absolute atomic E-state index is 12.6. The summed E-state index contributed by atoms with van der Waals surface area (Å²) in [6, 6.07) is 6.22. The van der Waals surface area contributed by atoms with Gasteiger partial charge in [0.2, 0.25) is 0 Å². The van der Waals surface area contributed by atoms with E-state index in [1.807, 2.05) is 0 Å². The summed E-state index contributed by atoms with van der Waals surface area (Å²) in [5, 5.41) is 0. The number of ether oxygens (including phenoxy) is 2. The molecule has 0 saturated heterocycles. The second-order valence-corrected chi connectivity index (χ2v) is 2.54. The fourth-order valence-corrected chi connectivity index (χ4v) is 0.866. The van der Waals surface area contributed by atoms with Crippen molar-refractivity contribution in [3.05, 3.63) is 42.3 Å². The standard InChI is InChI=1S/C10H12FO2/c1-12-5-6-13-8-9-3-2-4-10(11)7-9/h2-4,7-8H,5-6H2,1H3. The van der Waals surface area contributed by atoms with E-state index in [2.05, 4.69) is 0 Å². The minimum absolute atomic E-state index is 0.260. The molecule has 1 aromatic rings. The number of rotatable bonds is 5. The number of hydrogen-bond donors (Lipinski definition) is 0. The number of hydrogen-bond acceptors (Lipinski definition) is 2. The molecule has 0 fully saturated rings. The van der Waals surface area contributed by atoms with E-state index in [9.17, 15) is 4.39 Å². The van der Waals surface area contributed by atoms with Gasteiger partial charge in [-0.05, 0) is 17.7 Å². The lowest BCUT2D eigenvalue weighted by Gasteiger charge is -2.02. The number of methoxy groups -OCH3 is 1. The van der Waals surface area contributed by atoms with Gasteiger partial charge in [0, 0.05) is 7.11 Å². The van der Waals surface area contributed by atoms with Crippen LogP contribution < -0.4 is 0 Å². The van der Waals surface area contributed by atoms with Crippen LogP contribution in [0, 0.1) is 12.4 Å². The van der Waals surface area contributed by atoms with Gasteiger partial charge in [-0.1, -0.05) is 12.1 Å². The molecule has 0 aromatic heterocycles. The van der Waals surface area contributed by atoms with Gasteiger partial charge in [0.05, 0.1) is 13.2 Å². The second kappa shape index (κ2) is 5.67. The zero-order chi connectivity index (χ0) is 9.52. The van der Waals surface area contributed by atoms with Crippen molar-refractivity contribution in [1.82, 2.24) is 0 Å². The molecule has 0 saturated carbocycles. The van der Waals surface area contributed by atoms with Crippen LogP contribution in [-0.4, -0.2) is 20.3 Å². The Morgan fingerprint density at radius 2 is 2.23 bits per heavy atom. The highest BCUT2D eigenvalue weighted by Gasteiger charge is 1.95. The van der Waals surface area contributed by atoms with Gasteiger partial charge in [-0.25, -0.2) is 4.39 Å². The van der Waals surface area contributed by atoms with Crippen LogP contribution >= 0.6 is 0 Å². The molecule has 0 amide bonds. The van der Waals surface area contributed by atoms with E-state index < -0.39 is 0 Å². The molecule has 71 valence electrons. The van der Waals surface area contributed by atoms with Crippen LogP contribution in [0.4, 0.5) is 4.39 Å². The van der Waals surface area contributed by atoms with Gasteiger partial charge >= 0.3 is 0 Å². The molecule has 0 aliphatic heterocycles. The first-order chi connectivity index (χ1) is 6.33. The van der Waals surface area contributed by atoms with E-state index in [-0.39, 0.29) is 5.82 Å². The molecule has 0 aliphatic carbocycles. The maximum atomic E-state index is 12.6. The Hall–Kier alpha value is -0.930. The first-order valence-electron chi connectivity index (χ1n) is 4.02. The van der Waals surface area contributed by atoms with E-state index in [0.717, 1.165) is 5.56 Å². The minimum Gasteiger partial charge on any atom is -0.382 e. The molecule has 13 heavy (non-hydrogen) atoms. The van der Waals surface area contributed by atoms with Crippen molar-refractivity contribution in [2.45, 2.75) is 0 Å². The van der Waals surface area contributed by atoms with E-state index in [1.165, 1.54) is 18.7 Å². The zero-order valence-corrected chi connectivity index (χ0v) is 7.50. The summed E-state index contributed by atoms with van der Waals surface area (Å²) in [4.78, 5) is 0. The Labute approximate surface area is 77.3 Å². The molecule has 0 heterocycles. The van der Waals surface area contributed by atoms with E-state index in [0.29, 0.717) is 13.2 Å². The molecule has 1 radical (unpaired) electrons. The van der Waals surface area contributed by atoms with Crippen molar-refractivity contribution in [1.29, 1.82) is 0 Å². The summed E-state index contributed by atoms with van der Waals surface area (Å²) in [6.07, 6.45) is 0. The van der Waals surface area contributed by atoms with E-state index in [4.69, 9.17) is 9.47 Å². The van der Waals surface area contributed by atoms with Gasteiger partial charge in [-0.2, -0.15) is 0 Å². The normalized spacial score (nSPS) is 10.3. The zero-order valence-electron chi connectivity index (χ0n) is 7.50. The average molecular weight is 183 g/mol. The quantitative estimate of drug-likeness (QED) is 0.650. The molecule has 2 nitrogen and oxygen atoms in total. The third kappa shape index (κ3) is 4.01. The van der Waals surface area contributed by atoms with Gasteiger partial charge in [-0.15, -0.1) is 0 Å². The average Bonchev–Trinajstić information content (AvgIpc) is 2.13. The van der Waals surface area contributed by atoms with E-state index >= 15 is 0 Å². The Bertz CT molecular complexity index is 250. The predicted octanol–water partition coefficient (Wildman–Crippen LogP) is 2.00. The first kappa shape index (κ1) is 10.2. The summed E-state index contributed by atoms with van der Waals surface area (Å²) in [5.74, 6) is -0.260. The SMILES string of the molecule is COCCO[CH]c1cccc(F)c1. The third-order valence-electron chi connectivity index (χ3n) is 1.47. The van der Waals surface area contributed by atoms with Crippen LogP contribution in [-0.2, 0) is 9.47 Å². The van der Waals surface area contributed by atoms with E-state index in [1.54, 1.807) is 19.2 Å². The molecule has 1 rings (SSSR count). The Morgan fingerprint density at radius 1 is 1.38 bits per heavy atom. The van der Waals surface area contributed by atoms with Crippen molar-refractivity contribution < 1.29 is 13.9 Å². The van der Waals surface area contributed by atoms with Crippen molar-refractivity contribution in [2.75, 3.05) is 20.3 Å². The van der Waals surface area contributed by atoms with Crippen LogP contribution in [0.15, 0.2) is 24.3 Å². The fraction of sp³-hybridized carbons (Fsp3) is 0.300. The third-order valence-corrected chi connectivity index (χ3v) is 1.47. The molecule has 0 atom stereocenters. The largest absolute Gasteiger partial charge is 0.382 e. The van der Waals surface area contributed by atoms with Gasteiger partial charge in [0.15, 0.2) is 0 Å². The van der Waals surface area contributed by atoms with Crippen LogP contribution in [0.5, 0.6) is 0 Å².